The Hall–Kier alpha value is -3.11. The van der Waals surface area contributed by atoms with Gasteiger partial charge in [0.05, 0.1) is 15.7 Å². The molecule has 0 saturated carbocycles. The highest BCUT2D eigenvalue weighted by atomic mass is 35.5. The summed E-state index contributed by atoms with van der Waals surface area (Å²) in [5.41, 5.74) is 1.03. The Morgan fingerprint density at radius 1 is 1.11 bits per heavy atom. The zero-order valence-corrected chi connectivity index (χ0v) is 21.4. The van der Waals surface area contributed by atoms with E-state index in [1.54, 1.807) is 29.3 Å². The topological polar surface area (TPSA) is 101 Å². The number of anilines is 2. The van der Waals surface area contributed by atoms with Gasteiger partial charge in [0.15, 0.2) is 0 Å². The number of rotatable bonds is 5. The van der Waals surface area contributed by atoms with E-state index in [-0.39, 0.29) is 6.09 Å². The second kappa shape index (κ2) is 10.7. The third-order valence-corrected chi connectivity index (χ3v) is 6.19. The van der Waals surface area contributed by atoms with Gasteiger partial charge in [-0.2, -0.15) is 4.68 Å². The van der Waals surface area contributed by atoms with E-state index in [0.717, 1.165) is 24.3 Å². The highest BCUT2D eigenvalue weighted by Gasteiger charge is 2.25. The van der Waals surface area contributed by atoms with Gasteiger partial charge in [0.1, 0.15) is 11.4 Å². The molecule has 35 heavy (non-hydrogen) atoms. The maximum absolute atomic E-state index is 12.5. The lowest BCUT2D eigenvalue weighted by atomic mass is 10.2. The fraction of sp³-hybridized carbons (Fsp3) is 0.435. The molecule has 0 aliphatic carbocycles. The van der Waals surface area contributed by atoms with Crippen LogP contribution in [0.4, 0.5) is 16.6 Å². The zero-order chi connectivity index (χ0) is 25.0. The molecule has 1 aliphatic heterocycles. The summed E-state index contributed by atoms with van der Waals surface area (Å²) in [6, 6.07) is 9.18. The van der Waals surface area contributed by atoms with Gasteiger partial charge in [0.2, 0.25) is 5.95 Å². The van der Waals surface area contributed by atoms with Crippen molar-refractivity contribution in [3.8, 4) is 5.69 Å². The summed E-state index contributed by atoms with van der Waals surface area (Å²) in [4.78, 5) is 21.1. The van der Waals surface area contributed by atoms with Crippen LogP contribution in [-0.4, -0.2) is 68.0 Å². The summed E-state index contributed by atoms with van der Waals surface area (Å²) in [6.45, 7) is 8.69. The number of hydrogen-bond acceptors (Lipinski definition) is 8. The smallest absolute Gasteiger partial charge is 0.410 e. The molecule has 1 amide bonds. The summed E-state index contributed by atoms with van der Waals surface area (Å²) in [5.74, 6) is 1.28. The fourth-order valence-electron chi connectivity index (χ4n) is 3.78. The van der Waals surface area contributed by atoms with Gasteiger partial charge in [0.25, 0.3) is 0 Å². The van der Waals surface area contributed by atoms with Crippen LogP contribution in [0.2, 0.25) is 10.0 Å². The maximum Gasteiger partial charge on any atom is 0.410 e. The minimum Gasteiger partial charge on any atom is -0.444 e. The summed E-state index contributed by atoms with van der Waals surface area (Å²) in [6.07, 6.45) is 2.30. The van der Waals surface area contributed by atoms with Gasteiger partial charge in [0, 0.05) is 44.5 Å². The zero-order valence-electron chi connectivity index (χ0n) is 19.9. The lowest BCUT2D eigenvalue weighted by molar-refractivity contribution is 0.0263. The van der Waals surface area contributed by atoms with Crippen molar-refractivity contribution in [2.75, 3.05) is 36.4 Å². The lowest BCUT2D eigenvalue weighted by Crippen LogP contribution is -2.39. The number of aromatic nitrogens is 5. The number of benzene rings is 1. The van der Waals surface area contributed by atoms with E-state index < -0.39 is 5.60 Å². The number of halogens is 2. The van der Waals surface area contributed by atoms with Gasteiger partial charge in [-0.3, -0.25) is 0 Å². The highest BCUT2D eigenvalue weighted by molar-refractivity contribution is 6.43. The van der Waals surface area contributed by atoms with E-state index >= 15 is 0 Å². The second-order valence-electron chi connectivity index (χ2n) is 9.13. The Morgan fingerprint density at radius 3 is 2.74 bits per heavy atom. The van der Waals surface area contributed by atoms with Crippen molar-refractivity contribution in [3.05, 3.63) is 52.1 Å². The number of amides is 1. The normalized spacial score (nSPS) is 14.5. The molecular weight excluding hydrogens is 491 g/mol. The van der Waals surface area contributed by atoms with E-state index in [0.29, 0.717) is 47.9 Å². The number of nitrogens with one attached hydrogen (secondary N) is 1. The Balaban J connectivity index is 1.46. The van der Waals surface area contributed by atoms with Crippen molar-refractivity contribution in [2.24, 2.45) is 0 Å². The molecule has 186 valence electrons. The molecule has 4 rings (SSSR count). The van der Waals surface area contributed by atoms with E-state index in [2.05, 4.69) is 30.7 Å². The van der Waals surface area contributed by atoms with Crippen LogP contribution in [0.5, 0.6) is 0 Å². The summed E-state index contributed by atoms with van der Waals surface area (Å²) < 4.78 is 7.05. The van der Waals surface area contributed by atoms with Crippen LogP contribution >= 0.6 is 23.2 Å². The molecule has 0 bridgehead atoms. The molecule has 1 aliphatic rings. The molecule has 0 atom stereocenters. The Bertz CT molecular complexity index is 1180. The third kappa shape index (κ3) is 6.12. The summed E-state index contributed by atoms with van der Waals surface area (Å²) >= 11 is 12.5. The first-order valence-electron chi connectivity index (χ1n) is 11.4. The van der Waals surface area contributed by atoms with Crippen molar-refractivity contribution >= 4 is 41.1 Å². The Kier molecular flexibility index (Phi) is 7.61. The molecule has 1 aromatic carbocycles. The largest absolute Gasteiger partial charge is 0.444 e. The van der Waals surface area contributed by atoms with Gasteiger partial charge in [-0.05, 0) is 55.8 Å². The quantitative estimate of drug-likeness (QED) is 0.529. The van der Waals surface area contributed by atoms with Crippen molar-refractivity contribution in [3.63, 3.8) is 0 Å². The minimum atomic E-state index is -0.520. The number of ether oxygens (including phenoxy) is 1. The first-order chi connectivity index (χ1) is 16.7. The van der Waals surface area contributed by atoms with E-state index in [9.17, 15) is 4.79 Å². The molecule has 3 heterocycles. The van der Waals surface area contributed by atoms with Crippen LogP contribution in [0.1, 0.15) is 32.8 Å². The molecule has 0 radical (unpaired) electrons. The lowest BCUT2D eigenvalue weighted by Gasteiger charge is -2.27. The summed E-state index contributed by atoms with van der Waals surface area (Å²) in [7, 11) is 0. The van der Waals surface area contributed by atoms with Crippen LogP contribution in [-0.2, 0) is 11.3 Å². The van der Waals surface area contributed by atoms with Crippen LogP contribution in [0, 0.1) is 0 Å². The van der Waals surface area contributed by atoms with Crippen LogP contribution in [0.3, 0.4) is 0 Å². The number of tetrazole rings is 1. The molecule has 1 fully saturated rings. The summed E-state index contributed by atoms with van der Waals surface area (Å²) in [5, 5.41) is 16.0. The Morgan fingerprint density at radius 2 is 1.94 bits per heavy atom. The van der Waals surface area contributed by atoms with Crippen molar-refractivity contribution in [1.29, 1.82) is 0 Å². The van der Waals surface area contributed by atoms with E-state index in [1.165, 1.54) is 4.68 Å². The number of hydrogen-bond donors (Lipinski definition) is 1. The number of nitrogens with zero attached hydrogens (tertiary/aromatic N) is 7. The molecule has 0 unspecified atom stereocenters. The fourth-order valence-corrected chi connectivity index (χ4v) is 4.16. The van der Waals surface area contributed by atoms with E-state index in [1.807, 2.05) is 32.9 Å². The van der Waals surface area contributed by atoms with E-state index in [4.69, 9.17) is 27.9 Å². The predicted molar refractivity (Wildman–Crippen MR) is 135 cm³/mol. The van der Waals surface area contributed by atoms with Crippen molar-refractivity contribution < 1.29 is 9.53 Å². The van der Waals surface area contributed by atoms with Crippen LogP contribution in [0.15, 0.2) is 36.5 Å². The van der Waals surface area contributed by atoms with Crippen LogP contribution in [0.25, 0.3) is 5.69 Å². The average Bonchev–Trinajstić information content (AvgIpc) is 3.13. The van der Waals surface area contributed by atoms with Crippen LogP contribution < -0.4 is 10.2 Å². The molecule has 1 saturated heterocycles. The monoisotopic (exact) mass is 518 g/mol. The molecule has 12 heteroatoms. The number of pyridine rings is 1. The molecule has 1 N–H and O–H groups in total. The maximum atomic E-state index is 12.5. The SMILES string of the molecule is CC(C)(C)OC(=O)N1CCCN(c2ncccc2CNc2nnnn2-c2cccc(Cl)c2Cl)CC1. The number of carbonyl (C=O) groups is 1. The third-order valence-electron chi connectivity index (χ3n) is 5.38. The highest BCUT2D eigenvalue weighted by Crippen LogP contribution is 2.29. The number of carbonyl (C=O) groups excluding carboxylic acids is 1. The first kappa shape index (κ1) is 25.0. The van der Waals surface area contributed by atoms with Crippen molar-refractivity contribution in [2.45, 2.75) is 39.3 Å². The molecular formula is C23H28Cl2N8O2. The van der Waals surface area contributed by atoms with Gasteiger partial charge in [-0.15, -0.1) is 0 Å². The molecule has 10 nitrogen and oxygen atoms in total. The standard InChI is InChI=1S/C23H28Cl2N8O2/c1-23(2,3)35-22(34)32-12-6-11-31(13-14-32)20-16(7-5-10-26-20)15-27-21-28-29-30-33(21)18-9-4-8-17(24)19(18)25/h4-5,7-10H,6,11-15H2,1-3H3,(H,27,28,30). The molecule has 2 aromatic heterocycles. The molecule has 0 spiro atoms. The van der Waals surface area contributed by atoms with Gasteiger partial charge in [-0.1, -0.05) is 40.4 Å². The van der Waals surface area contributed by atoms with Crippen molar-refractivity contribution in [1.82, 2.24) is 30.1 Å². The van der Waals surface area contributed by atoms with Gasteiger partial charge >= 0.3 is 6.09 Å². The Labute approximate surface area is 214 Å². The predicted octanol–water partition coefficient (Wildman–Crippen LogP) is 4.42. The first-order valence-corrected chi connectivity index (χ1v) is 12.1. The second-order valence-corrected chi connectivity index (χ2v) is 9.92. The molecule has 3 aromatic rings. The minimum absolute atomic E-state index is 0.284. The van der Waals surface area contributed by atoms with Gasteiger partial charge < -0.3 is 19.9 Å². The van der Waals surface area contributed by atoms with Gasteiger partial charge in [-0.25, -0.2) is 9.78 Å². The average molecular weight is 519 g/mol.